The van der Waals surface area contributed by atoms with Crippen LogP contribution in [-0.2, 0) is 6.54 Å². The maximum Gasteiger partial charge on any atom is 0.0453 e. The van der Waals surface area contributed by atoms with E-state index in [9.17, 15) is 0 Å². The van der Waals surface area contributed by atoms with Crippen LogP contribution in [0.5, 0.6) is 0 Å². The maximum absolute atomic E-state index is 6.18. The molecule has 0 fully saturated rings. The molecule has 1 N–H and O–H groups in total. The first-order valence-corrected chi connectivity index (χ1v) is 8.46. The quantitative estimate of drug-likeness (QED) is 0.662. The van der Waals surface area contributed by atoms with Crippen molar-refractivity contribution in [3.8, 4) is 0 Å². The molecule has 0 saturated carbocycles. The summed E-state index contributed by atoms with van der Waals surface area (Å²) in [5.74, 6) is 1.30. The summed E-state index contributed by atoms with van der Waals surface area (Å²) in [6.45, 7) is 4.03. The minimum absolute atomic E-state index is 0.877. The molecule has 0 aliphatic carbocycles. The van der Waals surface area contributed by atoms with E-state index < -0.39 is 0 Å². The van der Waals surface area contributed by atoms with Gasteiger partial charge in [-0.15, -0.1) is 0 Å². The Bertz CT molecular complexity index is 341. The van der Waals surface area contributed by atoms with Crippen molar-refractivity contribution in [2.75, 3.05) is 18.6 Å². The van der Waals surface area contributed by atoms with Crippen LogP contribution in [0.3, 0.4) is 0 Å². The molecule has 1 rings (SSSR count). The molecule has 1 nitrogen and oxygen atoms in total. The smallest absolute Gasteiger partial charge is 0.0453 e. The number of thioether (sulfide) groups is 1. The number of halogens is 1. The van der Waals surface area contributed by atoms with Gasteiger partial charge in [-0.25, -0.2) is 0 Å². The van der Waals surface area contributed by atoms with Crippen LogP contribution < -0.4 is 5.32 Å². The lowest BCUT2D eigenvalue weighted by atomic mass is 10.1. The second-order valence-electron chi connectivity index (χ2n) is 4.68. The molecule has 18 heavy (non-hydrogen) atoms. The van der Waals surface area contributed by atoms with Gasteiger partial charge in [0.25, 0.3) is 0 Å². The fraction of sp³-hybridized carbons (Fsp3) is 0.600. The van der Waals surface area contributed by atoms with E-state index in [0.717, 1.165) is 18.1 Å². The van der Waals surface area contributed by atoms with E-state index in [1.54, 1.807) is 0 Å². The van der Waals surface area contributed by atoms with E-state index in [1.807, 2.05) is 17.8 Å². The van der Waals surface area contributed by atoms with E-state index in [4.69, 9.17) is 11.6 Å². The molecule has 1 aromatic carbocycles. The molecule has 0 amide bonds. The second-order valence-corrected chi connectivity index (χ2v) is 6.07. The average molecular weight is 286 g/mol. The predicted octanol–water partition coefficient (Wildman–Crippen LogP) is 4.66. The standard InChI is InChI=1S/C15H24ClNS/c1-13-7-8-14(15(16)11-13)12-17-9-5-3-4-6-10-18-2/h7-8,11,17H,3-6,9-10,12H2,1-2H3. The van der Waals surface area contributed by atoms with Crippen LogP contribution in [0.1, 0.15) is 36.8 Å². The van der Waals surface area contributed by atoms with Gasteiger partial charge in [0.1, 0.15) is 0 Å². The molecule has 0 radical (unpaired) electrons. The lowest BCUT2D eigenvalue weighted by molar-refractivity contribution is 0.599. The third-order valence-corrected chi connectivity index (χ3v) is 4.02. The molecule has 0 aliphatic rings. The van der Waals surface area contributed by atoms with Gasteiger partial charge in [0.05, 0.1) is 0 Å². The molecule has 0 aliphatic heterocycles. The summed E-state index contributed by atoms with van der Waals surface area (Å²) < 4.78 is 0. The Hall–Kier alpha value is -0.180. The lowest BCUT2D eigenvalue weighted by Gasteiger charge is -2.07. The van der Waals surface area contributed by atoms with Crippen molar-refractivity contribution in [2.45, 2.75) is 39.2 Å². The fourth-order valence-electron chi connectivity index (χ4n) is 1.87. The first-order valence-electron chi connectivity index (χ1n) is 6.68. The third kappa shape index (κ3) is 6.67. The molecular formula is C15H24ClNS. The Morgan fingerprint density at radius 1 is 1.17 bits per heavy atom. The first-order chi connectivity index (χ1) is 8.74. The van der Waals surface area contributed by atoms with Crippen LogP contribution in [-0.4, -0.2) is 18.6 Å². The van der Waals surface area contributed by atoms with Gasteiger partial charge in [0.2, 0.25) is 0 Å². The van der Waals surface area contributed by atoms with Crippen LogP contribution >= 0.6 is 23.4 Å². The fourth-order valence-corrected chi connectivity index (χ4v) is 2.66. The third-order valence-electron chi connectivity index (χ3n) is 2.98. The lowest BCUT2D eigenvalue weighted by Crippen LogP contribution is -2.14. The normalized spacial score (nSPS) is 10.8. The Morgan fingerprint density at radius 2 is 1.94 bits per heavy atom. The summed E-state index contributed by atoms with van der Waals surface area (Å²) in [6.07, 6.45) is 7.47. The van der Waals surface area contributed by atoms with E-state index in [2.05, 4.69) is 30.6 Å². The van der Waals surface area contributed by atoms with Gasteiger partial charge in [-0.1, -0.05) is 36.6 Å². The van der Waals surface area contributed by atoms with Gasteiger partial charge < -0.3 is 5.32 Å². The number of unbranched alkanes of at least 4 members (excludes halogenated alkanes) is 3. The Balaban J connectivity index is 2.07. The summed E-state index contributed by atoms with van der Waals surface area (Å²) in [4.78, 5) is 0. The van der Waals surface area contributed by atoms with Crippen LogP contribution in [0, 0.1) is 6.92 Å². The maximum atomic E-state index is 6.18. The van der Waals surface area contributed by atoms with E-state index in [0.29, 0.717) is 0 Å². The highest BCUT2D eigenvalue weighted by Gasteiger charge is 1.99. The monoisotopic (exact) mass is 285 g/mol. The molecule has 0 saturated heterocycles. The van der Waals surface area contributed by atoms with Gasteiger partial charge >= 0.3 is 0 Å². The summed E-state index contributed by atoms with van der Waals surface area (Å²) >= 11 is 8.12. The topological polar surface area (TPSA) is 12.0 Å². The van der Waals surface area contributed by atoms with Gasteiger partial charge in [0, 0.05) is 11.6 Å². The molecule has 3 heteroatoms. The van der Waals surface area contributed by atoms with Crippen molar-refractivity contribution < 1.29 is 0 Å². The molecule has 0 bridgehead atoms. The molecule has 0 heterocycles. The first kappa shape index (κ1) is 15.9. The highest BCUT2D eigenvalue weighted by molar-refractivity contribution is 7.98. The van der Waals surface area contributed by atoms with Gasteiger partial charge in [-0.3, -0.25) is 0 Å². The largest absolute Gasteiger partial charge is 0.313 e. The number of hydrogen-bond donors (Lipinski definition) is 1. The predicted molar refractivity (Wildman–Crippen MR) is 84.7 cm³/mol. The highest BCUT2D eigenvalue weighted by atomic mass is 35.5. The van der Waals surface area contributed by atoms with Gasteiger partial charge in [0.15, 0.2) is 0 Å². The van der Waals surface area contributed by atoms with E-state index in [1.165, 1.54) is 42.6 Å². The SMILES string of the molecule is CSCCCCCCNCc1ccc(C)cc1Cl. The van der Waals surface area contributed by atoms with Crippen molar-refractivity contribution in [1.29, 1.82) is 0 Å². The molecule has 0 unspecified atom stereocenters. The van der Waals surface area contributed by atoms with Crippen molar-refractivity contribution in [3.63, 3.8) is 0 Å². The summed E-state index contributed by atoms with van der Waals surface area (Å²) in [5, 5.41) is 4.34. The Labute approximate surface area is 121 Å². The number of aryl methyl sites for hydroxylation is 1. The Kier molecular flexibility index (Phi) is 8.57. The van der Waals surface area contributed by atoms with Gasteiger partial charge in [-0.05, 0) is 55.5 Å². The van der Waals surface area contributed by atoms with Crippen molar-refractivity contribution in [3.05, 3.63) is 34.3 Å². The van der Waals surface area contributed by atoms with Crippen molar-refractivity contribution in [1.82, 2.24) is 5.32 Å². The summed E-state index contributed by atoms with van der Waals surface area (Å²) in [5.41, 5.74) is 2.42. The van der Waals surface area contributed by atoms with Crippen LogP contribution in [0.4, 0.5) is 0 Å². The van der Waals surface area contributed by atoms with Crippen LogP contribution in [0.15, 0.2) is 18.2 Å². The minimum Gasteiger partial charge on any atom is -0.313 e. The Morgan fingerprint density at radius 3 is 2.67 bits per heavy atom. The van der Waals surface area contributed by atoms with E-state index >= 15 is 0 Å². The van der Waals surface area contributed by atoms with Gasteiger partial charge in [-0.2, -0.15) is 11.8 Å². The minimum atomic E-state index is 0.877. The number of nitrogens with one attached hydrogen (secondary N) is 1. The van der Waals surface area contributed by atoms with Crippen molar-refractivity contribution in [2.24, 2.45) is 0 Å². The second kappa shape index (κ2) is 9.71. The molecule has 1 aromatic rings. The molecule has 0 aromatic heterocycles. The number of hydrogen-bond acceptors (Lipinski definition) is 2. The molecule has 0 atom stereocenters. The summed E-state index contributed by atoms with van der Waals surface area (Å²) in [7, 11) is 0. The zero-order valence-electron chi connectivity index (χ0n) is 11.5. The van der Waals surface area contributed by atoms with Crippen LogP contribution in [0.2, 0.25) is 5.02 Å². The van der Waals surface area contributed by atoms with Crippen molar-refractivity contribution >= 4 is 23.4 Å². The zero-order chi connectivity index (χ0) is 13.2. The average Bonchev–Trinajstić information content (AvgIpc) is 2.35. The molecule has 0 spiro atoms. The zero-order valence-corrected chi connectivity index (χ0v) is 13.0. The highest BCUT2D eigenvalue weighted by Crippen LogP contribution is 2.17. The van der Waals surface area contributed by atoms with Crippen LogP contribution in [0.25, 0.3) is 0 Å². The number of benzene rings is 1. The van der Waals surface area contributed by atoms with E-state index in [-0.39, 0.29) is 0 Å². The molecule has 102 valence electrons. The number of rotatable bonds is 9. The molecular weight excluding hydrogens is 262 g/mol. The summed E-state index contributed by atoms with van der Waals surface area (Å²) in [6, 6.07) is 6.26.